The molecule has 2 fully saturated rings. The lowest BCUT2D eigenvalue weighted by Gasteiger charge is -2.34. The van der Waals surface area contributed by atoms with Crippen molar-refractivity contribution in [1.29, 1.82) is 0 Å². The van der Waals surface area contributed by atoms with E-state index in [1.54, 1.807) is 0 Å². The van der Waals surface area contributed by atoms with E-state index < -0.39 is 0 Å². The minimum absolute atomic E-state index is 0.157. The molecule has 1 N–H and O–H groups in total. The third-order valence-corrected chi connectivity index (χ3v) is 6.84. The molecule has 1 atom stereocenters. The van der Waals surface area contributed by atoms with Crippen LogP contribution in [0.25, 0.3) is 0 Å². The molecule has 2 aromatic carbocycles. The summed E-state index contributed by atoms with van der Waals surface area (Å²) in [5.74, 6) is 1.81. The number of carbonyl (C=O) groups is 1. The number of nitrogens with one attached hydrogen (secondary N) is 1. The fraction of sp³-hybridized carbons (Fsp3) is 0.500. The average molecular weight is 420 g/mol. The lowest BCUT2D eigenvalue weighted by atomic mass is 10.0. The Hall–Kier alpha value is -2.37. The smallest absolute Gasteiger partial charge is 0.234 e. The molecule has 5 heteroatoms. The van der Waals surface area contributed by atoms with E-state index in [4.69, 9.17) is 4.74 Å². The number of nitrogens with zero attached hydrogens (tertiary/aromatic N) is 2. The van der Waals surface area contributed by atoms with Crippen LogP contribution in [0.1, 0.15) is 41.1 Å². The Morgan fingerprint density at radius 2 is 1.81 bits per heavy atom. The van der Waals surface area contributed by atoms with Gasteiger partial charge in [-0.05, 0) is 48.4 Å². The predicted molar refractivity (Wildman–Crippen MR) is 122 cm³/mol. The number of amides is 1. The second-order valence-electron chi connectivity index (χ2n) is 9.39. The monoisotopic (exact) mass is 419 g/mol. The van der Waals surface area contributed by atoms with Crippen molar-refractivity contribution >= 4 is 5.91 Å². The third-order valence-electron chi connectivity index (χ3n) is 6.84. The summed E-state index contributed by atoms with van der Waals surface area (Å²) >= 11 is 0. The molecule has 1 unspecified atom stereocenters. The first-order valence-corrected chi connectivity index (χ1v) is 11.7. The zero-order valence-corrected chi connectivity index (χ0v) is 18.5. The van der Waals surface area contributed by atoms with Crippen LogP contribution in [0.4, 0.5) is 0 Å². The molecule has 2 aliphatic heterocycles. The Kier molecular flexibility index (Phi) is 5.97. The Morgan fingerprint density at radius 3 is 2.55 bits per heavy atom. The van der Waals surface area contributed by atoms with Gasteiger partial charge in [0.1, 0.15) is 5.75 Å². The van der Waals surface area contributed by atoms with E-state index in [1.165, 1.54) is 35.1 Å². The van der Waals surface area contributed by atoms with Gasteiger partial charge in [0.25, 0.3) is 0 Å². The van der Waals surface area contributed by atoms with Crippen molar-refractivity contribution in [3.05, 3.63) is 64.7 Å². The number of ether oxygens (including phenoxy) is 1. The molecule has 0 radical (unpaired) electrons. The second-order valence-corrected chi connectivity index (χ2v) is 9.39. The standard InChI is InChI=1S/C26H33N3O2/c1-19-2-5-21(6-3-19)26(22-7-8-22)27-25(30)18-29-13-11-28(12-14-29)17-20-4-9-24-23(16-20)10-15-31-24/h2-6,9,16,22,26H,7-8,10-15,17-18H2,1H3,(H,27,30). The molecule has 2 heterocycles. The van der Waals surface area contributed by atoms with Crippen LogP contribution in [-0.4, -0.2) is 55.0 Å². The largest absolute Gasteiger partial charge is 0.493 e. The lowest BCUT2D eigenvalue weighted by molar-refractivity contribution is -0.123. The van der Waals surface area contributed by atoms with Crippen molar-refractivity contribution in [2.24, 2.45) is 5.92 Å². The quantitative estimate of drug-likeness (QED) is 0.748. The molecule has 0 bridgehead atoms. The molecular weight excluding hydrogens is 386 g/mol. The zero-order chi connectivity index (χ0) is 21.2. The zero-order valence-electron chi connectivity index (χ0n) is 18.5. The molecule has 1 aliphatic carbocycles. The average Bonchev–Trinajstić information content (AvgIpc) is 3.51. The summed E-state index contributed by atoms with van der Waals surface area (Å²) in [5, 5.41) is 3.33. The molecule has 3 aliphatic rings. The number of piperazine rings is 1. The molecule has 0 spiro atoms. The first-order valence-electron chi connectivity index (χ1n) is 11.7. The Morgan fingerprint density at radius 1 is 1.06 bits per heavy atom. The van der Waals surface area contributed by atoms with Gasteiger partial charge in [-0.25, -0.2) is 0 Å². The summed E-state index contributed by atoms with van der Waals surface area (Å²) < 4.78 is 5.62. The van der Waals surface area contributed by atoms with Crippen molar-refractivity contribution in [3.63, 3.8) is 0 Å². The van der Waals surface area contributed by atoms with Crippen molar-refractivity contribution in [3.8, 4) is 5.75 Å². The molecule has 1 saturated carbocycles. The van der Waals surface area contributed by atoms with Crippen molar-refractivity contribution in [2.75, 3.05) is 39.3 Å². The van der Waals surface area contributed by atoms with Gasteiger partial charge in [-0.15, -0.1) is 0 Å². The van der Waals surface area contributed by atoms with E-state index in [9.17, 15) is 4.79 Å². The first kappa shape index (κ1) is 20.5. The SMILES string of the molecule is Cc1ccc(C(NC(=O)CN2CCN(Cc3ccc4c(c3)CCO4)CC2)C2CC2)cc1. The fourth-order valence-corrected chi connectivity index (χ4v) is 4.80. The number of rotatable bonds is 7. The van der Waals surface area contributed by atoms with Crippen LogP contribution in [0.3, 0.4) is 0 Å². The maximum atomic E-state index is 12.8. The second kappa shape index (κ2) is 9.01. The molecule has 1 amide bonds. The molecule has 164 valence electrons. The number of aryl methyl sites for hydroxylation is 1. The molecule has 0 aromatic heterocycles. The van der Waals surface area contributed by atoms with Gasteiger partial charge in [0.15, 0.2) is 0 Å². The summed E-state index contributed by atoms with van der Waals surface area (Å²) in [6.45, 7) is 8.29. The van der Waals surface area contributed by atoms with Gasteiger partial charge in [0.05, 0.1) is 19.2 Å². The Labute approximate surface area is 185 Å². The number of carbonyl (C=O) groups excluding carboxylic acids is 1. The van der Waals surface area contributed by atoms with E-state index in [0.29, 0.717) is 12.5 Å². The van der Waals surface area contributed by atoms with Crippen LogP contribution >= 0.6 is 0 Å². The van der Waals surface area contributed by atoms with Crippen LogP contribution in [0.2, 0.25) is 0 Å². The fourth-order valence-electron chi connectivity index (χ4n) is 4.80. The minimum Gasteiger partial charge on any atom is -0.493 e. The molecule has 5 rings (SSSR count). The highest BCUT2D eigenvalue weighted by atomic mass is 16.5. The molecule has 1 saturated heterocycles. The van der Waals surface area contributed by atoms with Crippen LogP contribution in [0.5, 0.6) is 5.75 Å². The number of hydrogen-bond donors (Lipinski definition) is 1. The summed E-state index contributed by atoms with van der Waals surface area (Å²) in [7, 11) is 0. The molecule has 31 heavy (non-hydrogen) atoms. The summed E-state index contributed by atoms with van der Waals surface area (Å²) in [5.41, 5.74) is 5.20. The minimum atomic E-state index is 0.157. The number of hydrogen-bond acceptors (Lipinski definition) is 4. The number of fused-ring (bicyclic) bond motifs is 1. The summed E-state index contributed by atoms with van der Waals surface area (Å²) in [4.78, 5) is 17.6. The van der Waals surface area contributed by atoms with Gasteiger partial charge >= 0.3 is 0 Å². The number of benzene rings is 2. The highest BCUT2D eigenvalue weighted by Gasteiger charge is 2.33. The normalized spacial score (nSPS) is 20.2. The van der Waals surface area contributed by atoms with E-state index in [0.717, 1.165) is 51.5 Å². The maximum absolute atomic E-state index is 12.8. The predicted octanol–water partition coefficient (Wildman–Crippen LogP) is 3.32. The van der Waals surface area contributed by atoms with Gasteiger partial charge in [0, 0.05) is 39.1 Å². The molecular formula is C26H33N3O2. The van der Waals surface area contributed by atoms with Crippen LogP contribution < -0.4 is 10.1 Å². The van der Waals surface area contributed by atoms with Crippen molar-refractivity contribution < 1.29 is 9.53 Å². The van der Waals surface area contributed by atoms with Crippen LogP contribution in [0.15, 0.2) is 42.5 Å². The van der Waals surface area contributed by atoms with Crippen LogP contribution in [0, 0.1) is 12.8 Å². The summed E-state index contributed by atoms with van der Waals surface area (Å²) in [6.07, 6.45) is 3.45. The highest BCUT2D eigenvalue weighted by Crippen LogP contribution is 2.41. The van der Waals surface area contributed by atoms with Gasteiger partial charge in [0.2, 0.25) is 5.91 Å². The van der Waals surface area contributed by atoms with Crippen molar-refractivity contribution in [2.45, 2.75) is 38.8 Å². The third kappa shape index (κ3) is 5.10. The van der Waals surface area contributed by atoms with E-state index in [-0.39, 0.29) is 11.9 Å². The topological polar surface area (TPSA) is 44.8 Å². The summed E-state index contributed by atoms with van der Waals surface area (Å²) in [6, 6.07) is 15.4. The maximum Gasteiger partial charge on any atom is 0.234 e. The highest BCUT2D eigenvalue weighted by molar-refractivity contribution is 5.78. The first-order chi connectivity index (χ1) is 15.1. The Balaban J connectivity index is 1.10. The Bertz CT molecular complexity index is 915. The molecule has 2 aromatic rings. The van der Waals surface area contributed by atoms with Crippen molar-refractivity contribution in [1.82, 2.24) is 15.1 Å². The van der Waals surface area contributed by atoms with Gasteiger partial charge in [-0.3, -0.25) is 14.6 Å². The lowest BCUT2D eigenvalue weighted by Crippen LogP contribution is -2.49. The van der Waals surface area contributed by atoms with E-state index in [2.05, 4.69) is 64.5 Å². The van der Waals surface area contributed by atoms with Crippen LogP contribution in [-0.2, 0) is 17.8 Å². The van der Waals surface area contributed by atoms with E-state index >= 15 is 0 Å². The van der Waals surface area contributed by atoms with E-state index in [1.807, 2.05) is 0 Å². The van der Waals surface area contributed by atoms with Gasteiger partial charge < -0.3 is 10.1 Å². The molecule has 5 nitrogen and oxygen atoms in total. The van der Waals surface area contributed by atoms with Gasteiger partial charge in [-0.2, -0.15) is 0 Å². The van der Waals surface area contributed by atoms with Gasteiger partial charge in [-0.1, -0.05) is 42.0 Å².